The lowest BCUT2D eigenvalue weighted by molar-refractivity contribution is -0.274. The Hall–Kier alpha value is -2.75. The quantitative estimate of drug-likeness (QED) is 0.748. The van der Waals surface area contributed by atoms with Crippen LogP contribution in [0.25, 0.3) is 0 Å². The molecule has 3 aliphatic rings. The summed E-state index contributed by atoms with van der Waals surface area (Å²) in [4.78, 5) is 21.5. The summed E-state index contributed by atoms with van der Waals surface area (Å²) in [6, 6.07) is 6.48. The minimum Gasteiger partial charge on any atom is -0.406 e. The first kappa shape index (κ1) is 22.1. The van der Waals surface area contributed by atoms with Gasteiger partial charge in [0.25, 0.3) is 0 Å². The highest BCUT2D eigenvalue weighted by atomic mass is 19.4. The highest BCUT2D eigenvalue weighted by molar-refractivity contribution is 5.75. The van der Waals surface area contributed by atoms with Crippen molar-refractivity contribution in [3.63, 3.8) is 0 Å². The number of urea groups is 1. The van der Waals surface area contributed by atoms with Gasteiger partial charge in [-0.05, 0) is 43.4 Å². The van der Waals surface area contributed by atoms with Crippen molar-refractivity contribution in [2.45, 2.75) is 56.0 Å². The number of benzene rings is 1. The van der Waals surface area contributed by atoms with Crippen LogP contribution in [0.1, 0.15) is 54.8 Å². The minimum atomic E-state index is -4.72. The minimum absolute atomic E-state index is 0.000696. The van der Waals surface area contributed by atoms with Gasteiger partial charge in [-0.15, -0.1) is 13.2 Å². The third kappa shape index (κ3) is 5.10. The Morgan fingerprint density at radius 3 is 2.39 bits per heavy atom. The molecule has 3 fully saturated rings. The lowest BCUT2D eigenvalue weighted by Gasteiger charge is -2.39. The van der Waals surface area contributed by atoms with Crippen molar-refractivity contribution < 1.29 is 22.7 Å². The molecule has 3 unspecified atom stereocenters. The molecule has 2 aromatic rings. The number of aromatic nitrogens is 2. The number of ether oxygens (including phenoxy) is 1. The summed E-state index contributed by atoms with van der Waals surface area (Å²) in [7, 11) is 0. The summed E-state index contributed by atoms with van der Waals surface area (Å²) in [5.74, 6) is -0.217. The molecule has 2 aliphatic heterocycles. The summed E-state index contributed by atoms with van der Waals surface area (Å²) in [6.07, 6.45) is 3.11. The fourth-order valence-electron chi connectivity index (χ4n) is 4.95. The summed E-state index contributed by atoms with van der Waals surface area (Å²) in [5.41, 5.74) is 7.85. The highest BCUT2D eigenvalue weighted by Crippen LogP contribution is 2.39. The van der Waals surface area contributed by atoms with Gasteiger partial charge in [0.05, 0.1) is 12.0 Å². The zero-order valence-corrected chi connectivity index (χ0v) is 18.2. The number of alkyl halides is 3. The van der Waals surface area contributed by atoms with E-state index >= 15 is 0 Å². The molecule has 178 valence electrons. The van der Waals surface area contributed by atoms with E-state index in [0.717, 1.165) is 36.9 Å². The second-order valence-corrected chi connectivity index (χ2v) is 9.41. The number of hydrogen-bond donors (Lipinski definition) is 1. The number of amides is 2. The Labute approximate surface area is 190 Å². The molecule has 0 spiro atoms. The van der Waals surface area contributed by atoms with Crippen LogP contribution in [0, 0.1) is 0 Å². The average molecular weight is 464 g/mol. The number of imidazole rings is 1. The van der Waals surface area contributed by atoms with Crippen molar-refractivity contribution in [1.29, 1.82) is 0 Å². The van der Waals surface area contributed by atoms with E-state index in [9.17, 15) is 18.0 Å². The van der Waals surface area contributed by atoms with Crippen LogP contribution < -0.4 is 10.5 Å². The summed E-state index contributed by atoms with van der Waals surface area (Å²) in [6.45, 7) is 2.26. The molecule has 5 rings (SSSR count). The maximum absolute atomic E-state index is 13.3. The molecular weight excluding hydrogens is 435 g/mol. The number of halogens is 3. The van der Waals surface area contributed by atoms with Crippen molar-refractivity contribution in [3.8, 4) is 5.75 Å². The van der Waals surface area contributed by atoms with Crippen LogP contribution in [-0.4, -0.2) is 64.0 Å². The molecule has 33 heavy (non-hydrogen) atoms. The van der Waals surface area contributed by atoms with Gasteiger partial charge in [0.1, 0.15) is 5.75 Å². The van der Waals surface area contributed by atoms with Crippen LogP contribution in [0.3, 0.4) is 0 Å². The molecule has 1 saturated carbocycles. The molecule has 2 amide bonds. The molecule has 3 atom stereocenters. The normalized spacial score (nSPS) is 26.0. The van der Waals surface area contributed by atoms with Gasteiger partial charge in [0.15, 0.2) is 0 Å². The highest BCUT2D eigenvalue weighted by Gasteiger charge is 2.37. The van der Waals surface area contributed by atoms with E-state index in [1.165, 1.54) is 12.1 Å². The van der Waals surface area contributed by atoms with Crippen LogP contribution in [-0.2, 0) is 0 Å². The third-order valence-corrected chi connectivity index (χ3v) is 6.81. The fraction of sp³-hybridized carbons (Fsp3) is 0.565. The average Bonchev–Trinajstić information content (AvgIpc) is 3.34. The maximum atomic E-state index is 13.3. The van der Waals surface area contributed by atoms with Gasteiger partial charge < -0.3 is 24.8 Å². The number of carbonyl (C=O) groups is 1. The smallest absolute Gasteiger partial charge is 0.406 e. The van der Waals surface area contributed by atoms with Crippen molar-refractivity contribution >= 4 is 6.03 Å². The number of nitrogens with zero attached hydrogens (tertiary/aromatic N) is 4. The summed E-state index contributed by atoms with van der Waals surface area (Å²) >= 11 is 0. The number of likely N-dealkylation sites (tertiary alicyclic amines) is 2. The molecule has 1 aliphatic carbocycles. The standard InChI is InChI=1S/C23H28F3N5O2/c24-23(25,26)33-20-5-1-15(2-6-20)16-9-17(21-13-31(14-28-21)19-3-4-19)11-30(10-16)22(32)29-8-7-18(27)12-29/h1-2,5-6,13-14,16-19H,3-4,7-12,27H2. The molecule has 1 aromatic carbocycles. The van der Waals surface area contributed by atoms with Gasteiger partial charge in [-0.25, -0.2) is 9.78 Å². The monoisotopic (exact) mass is 463 g/mol. The van der Waals surface area contributed by atoms with Crippen LogP contribution in [0.2, 0.25) is 0 Å². The van der Waals surface area contributed by atoms with Crippen LogP contribution in [0.5, 0.6) is 5.75 Å². The lowest BCUT2D eigenvalue weighted by atomic mass is 9.83. The van der Waals surface area contributed by atoms with E-state index in [-0.39, 0.29) is 29.7 Å². The molecule has 10 heteroatoms. The first-order valence-electron chi connectivity index (χ1n) is 11.4. The number of carbonyl (C=O) groups excluding carboxylic acids is 1. The Kier molecular flexibility index (Phi) is 5.72. The Balaban J connectivity index is 1.36. The molecule has 1 aromatic heterocycles. The van der Waals surface area contributed by atoms with E-state index < -0.39 is 6.36 Å². The third-order valence-electron chi connectivity index (χ3n) is 6.81. The van der Waals surface area contributed by atoms with Gasteiger partial charge in [-0.1, -0.05) is 12.1 Å². The number of rotatable bonds is 4. The maximum Gasteiger partial charge on any atom is 0.573 e. The molecule has 2 saturated heterocycles. The van der Waals surface area contributed by atoms with Crippen molar-refractivity contribution in [2.24, 2.45) is 5.73 Å². The van der Waals surface area contributed by atoms with Gasteiger partial charge in [0, 0.05) is 56.3 Å². The van der Waals surface area contributed by atoms with Crippen LogP contribution >= 0.6 is 0 Å². The largest absolute Gasteiger partial charge is 0.573 e. The van der Waals surface area contributed by atoms with Gasteiger partial charge in [0.2, 0.25) is 0 Å². The first-order chi connectivity index (χ1) is 15.7. The van der Waals surface area contributed by atoms with Gasteiger partial charge in [-0.2, -0.15) is 0 Å². The molecule has 7 nitrogen and oxygen atoms in total. The summed E-state index contributed by atoms with van der Waals surface area (Å²) in [5, 5.41) is 0. The summed E-state index contributed by atoms with van der Waals surface area (Å²) < 4.78 is 43.7. The molecule has 0 bridgehead atoms. The Morgan fingerprint density at radius 2 is 1.76 bits per heavy atom. The molecule has 3 heterocycles. The van der Waals surface area contributed by atoms with Crippen molar-refractivity contribution in [1.82, 2.24) is 19.4 Å². The number of hydrogen-bond acceptors (Lipinski definition) is 4. The predicted octanol–water partition coefficient (Wildman–Crippen LogP) is 3.84. The van der Waals surface area contributed by atoms with E-state index in [0.29, 0.717) is 32.2 Å². The predicted molar refractivity (Wildman–Crippen MR) is 115 cm³/mol. The number of piperidine rings is 1. The SMILES string of the molecule is NC1CCN(C(=O)N2CC(c3ccc(OC(F)(F)F)cc3)CC(c3cn(C4CC4)cn3)C2)C1. The van der Waals surface area contributed by atoms with E-state index in [4.69, 9.17) is 5.73 Å². The van der Waals surface area contributed by atoms with Gasteiger partial charge >= 0.3 is 12.4 Å². The Morgan fingerprint density at radius 1 is 1.03 bits per heavy atom. The van der Waals surface area contributed by atoms with Crippen LogP contribution in [0.4, 0.5) is 18.0 Å². The second kappa shape index (κ2) is 8.55. The van der Waals surface area contributed by atoms with Crippen LogP contribution in [0.15, 0.2) is 36.8 Å². The molecule has 0 radical (unpaired) electrons. The molecule has 2 N–H and O–H groups in total. The molecular formula is C23H28F3N5O2. The van der Waals surface area contributed by atoms with E-state index in [2.05, 4.69) is 20.5 Å². The van der Waals surface area contributed by atoms with Crippen molar-refractivity contribution in [3.05, 3.63) is 48.0 Å². The van der Waals surface area contributed by atoms with E-state index in [1.54, 1.807) is 17.0 Å². The lowest BCUT2D eigenvalue weighted by Crippen LogP contribution is -2.48. The topological polar surface area (TPSA) is 76.6 Å². The first-order valence-corrected chi connectivity index (χ1v) is 11.4. The number of nitrogens with two attached hydrogens (primary N) is 1. The van der Waals surface area contributed by atoms with Gasteiger partial charge in [-0.3, -0.25) is 0 Å². The van der Waals surface area contributed by atoms with E-state index in [1.807, 2.05) is 11.2 Å². The second-order valence-electron chi connectivity index (χ2n) is 9.41. The zero-order valence-electron chi connectivity index (χ0n) is 18.2. The van der Waals surface area contributed by atoms with Crippen molar-refractivity contribution in [2.75, 3.05) is 26.2 Å². The Bertz CT molecular complexity index is 989. The zero-order chi connectivity index (χ0) is 23.2. The fourth-order valence-corrected chi connectivity index (χ4v) is 4.95.